The molecule has 0 spiro atoms. The number of aromatic nitrogens is 1. The number of hydrogen-bond donors (Lipinski definition) is 1. The van der Waals surface area contributed by atoms with Gasteiger partial charge in [-0.1, -0.05) is 19.9 Å². The number of ether oxygens (including phenoxy) is 1. The Kier molecular flexibility index (Phi) is 5.68. The molecule has 3 nitrogen and oxygen atoms in total. The summed E-state index contributed by atoms with van der Waals surface area (Å²) in [5.74, 6) is 2.33. The van der Waals surface area contributed by atoms with Gasteiger partial charge in [0.1, 0.15) is 5.82 Å². The maximum Gasteiger partial charge on any atom is 0.215 e. The minimum atomic E-state index is 0.710. The van der Waals surface area contributed by atoms with Crippen molar-refractivity contribution in [3.8, 4) is 5.88 Å². The van der Waals surface area contributed by atoms with E-state index in [2.05, 4.69) is 31.1 Å². The highest BCUT2D eigenvalue weighted by Crippen LogP contribution is 2.12. The summed E-state index contributed by atoms with van der Waals surface area (Å²) < 4.78 is 5.59. The average Bonchev–Trinajstić information content (AvgIpc) is 2.25. The molecular weight excluding hydrogens is 200 g/mol. The van der Waals surface area contributed by atoms with E-state index >= 15 is 0 Å². The van der Waals surface area contributed by atoms with E-state index in [1.54, 1.807) is 0 Å². The molecule has 0 amide bonds. The van der Waals surface area contributed by atoms with Crippen LogP contribution in [0.25, 0.3) is 0 Å². The van der Waals surface area contributed by atoms with E-state index in [1.807, 2.05) is 18.2 Å². The number of anilines is 1. The monoisotopic (exact) mass is 222 g/mol. The summed E-state index contributed by atoms with van der Waals surface area (Å²) in [6.45, 7) is 8.14. The highest BCUT2D eigenvalue weighted by Gasteiger charge is 1.98. The van der Waals surface area contributed by atoms with Gasteiger partial charge < -0.3 is 10.1 Å². The van der Waals surface area contributed by atoms with Gasteiger partial charge in [0.05, 0.1) is 6.61 Å². The zero-order chi connectivity index (χ0) is 11.8. The molecule has 0 aliphatic carbocycles. The molecule has 1 N–H and O–H groups in total. The van der Waals surface area contributed by atoms with Crippen LogP contribution in [0.2, 0.25) is 0 Å². The lowest BCUT2D eigenvalue weighted by atomic mass is 10.1. The van der Waals surface area contributed by atoms with Gasteiger partial charge in [-0.2, -0.15) is 4.98 Å². The number of pyridine rings is 1. The fraction of sp³-hybridized carbons (Fsp3) is 0.615. The molecule has 16 heavy (non-hydrogen) atoms. The molecule has 3 heteroatoms. The number of hydrogen-bond acceptors (Lipinski definition) is 3. The van der Waals surface area contributed by atoms with Gasteiger partial charge >= 0.3 is 0 Å². The van der Waals surface area contributed by atoms with E-state index < -0.39 is 0 Å². The van der Waals surface area contributed by atoms with Crippen LogP contribution < -0.4 is 10.1 Å². The zero-order valence-electron chi connectivity index (χ0n) is 10.5. The molecule has 0 unspecified atom stereocenters. The molecule has 0 saturated carbocycles. The topological polar surface area (TPSA) is 34.1 Å². The molecule has 0 radical (unpaired) electrons. The van der Waals surface area contributed by atoms with E-state index in [-0.39, 0.29) is 0 Å². The molecule has 1 rings (SSSR count). The van der Waals surface area contributed by atoms with E-state index in [0.717, 1.165) is 31.3 Å². The van der Waals surface area contributed by atoms with Crippen molar-refractivity contribution in [2.24, 2.45) is 5.92 Å². The second kappa shape index (κ2) is 7.09. The Morgan fingerprint density at radius 2 is 2.19 bits per heavy atom. The van der Waals surface area contributed by atoms with Gasteiger partial charge in [0.15, 0.2) is 0 Å². The van der Waals surface area contributed by atoms with Crippen LogP contribution in [0.4, 0.5) is 5.82 Å². The Morgan fingerprint density at radius 3 is 2.88 bits per heavy atom. The molecule has 0 bridgehead atoms. The van der Waals surface area contributed by atoms with E-state index in [0.29, 0.717) is 5.88 Å². The highest BCUT2D eigenvalue weighted by atomic mass is 16.5. The standard InChI is InChI=1S/C13H22N2O/c1-4-14-12-8-5-9-13(15-12)16-10-6-7-11(2)3/h5,8-9,11H,4,6-7,10H2,1-3H3,(H,14,15). The largest absolute Gasteiger partial charge is 0.478 e. The third kappa shape index (κ3) is 5.01. The lowest BCUT2D eigenvalue weighted by molar-refractivity contribution is 0.287. The first-order valence-electron chi connectivity index (χ1n) is 6.06. The summed E-state index contributed by atoms with van der Waals surface area (Å²) in [5, 5.41) is 3.17. The van der Waals surface area contributed by atoms with Crippen molar-refractivity contribution in [3.63, 3.8) is 0 Å². The van der Waals surface area contributed by atoms with Crippen LogP contribution in [0.1, 0.15) is 33.6 Å². The molecule has 1 aromatic heterocycles. The van der Waals surface area contributed by atoms with Crippen LogP contribution in [0.3, 0.4) is 0 Å². The Labute approximate surface area is 98.2 Å². The average molecular weight is 222 g/mol. The van der Waals surface area contributed by atoms with Crippen molar-refractivity contribution < 1.29 is 4.74 Å². The van der Waals surface area contributed by atoms with Crippen molar-refractivity contribution in [1.82, 2.24) is 4.98 Å². The van der Waals surface area contributed by atoms with Crippen molar-refractivity contribution in [2.45, 2.75) is 33.6 Å². The van der Waals surface area contributed by atoms with Gasteiger partial charge in [0, 0.05) is 12.6 Å². The van der Waals surface area contributed by atoms with E-state index in [4.69, 9.17) is 4.74 Å². The smallest absolute Gasteiger partial charge is 0.215 e. The molecule has 0 aliphatic heterocycles. The lowest BCUT2D eigenvalue weighted by Gasteiger charge is -2.08. The summed E-state index contributed by atoms with van der Waals surface area (Å²) >= 11 is 0. The van der Waals surface area contributed by atoms with Gasteiger partial charge in [0.25, 0.3) is 0 Å². The minimum absolute atomic E-state index is 0.710. The maximum atomic E-state index is 5.59. The summed E-state index contributed by atoms with van der Waals surface area (Å²) in [5.41, 5.74) is 0. The molecule has 0 aromatic carbocycles. The number of nitrogens with one attached hydrogen (secondary N) is 1. The second-order valence-electron chi connectivity index (χ2n) is 4.28. The van der Waals surface area contributed by atoms with Crippen molar-refractivity contribution in [3.05, 3.63) is 18.2 Å². The third-order valence-electron chi connectivity index (χ3n) is 2.26. The van der Waals surface area contributed by atoms with Crippen molar-refractivity contribution in [1.29, 1.82) is 0 Å². The first-order valence-corrected chi connectivity index (χ1v) is 6.06. The summed E-state index contributed by atoms with van der Waals surface area (Å²) in [7, 11) is 0. The Hall–Kier alpha value is -1.25. The van der Waals surface area contributed by atoms with Gasteiger partial charge in [-0.15, -0.1) is 0 Å². The molecule has 0 atom stereocenters. The van der Waals surface area contributed by atoms with Crippen molar-refractivity contribution in [2.75, 3.05) is 18.5 Å². The van der Waals surface area contributed by atoms with Crippen LogP contribution in [0.15, 0.2) is 18.2 Å². The second-order valence-corrected chi connectivity index (χ2v) is 4.28. The molecular formula is C13H22N2O. The fourth-order valence-corrected chi connectivity index (χ4v) is 1.44. The Bertz CT molecular complexity index is 300. The highest BCUT2D eigenvalue weighted by molar-refractivity contribution is 5.36. The first kappa shape index (κ1) is 12.8. The summed E-state index contributed by atoms with van der Waals surface area (Å²) in [6.07, 6.45) is 2.29. The molecule has 0 saturated heterocycles. The minimum Gasteiger partial charge on any atom is -0.478 e. The Morgan fingerprint density at radius 1 is 1.38 bits per heavy atom. The van der Waals surface area contributed by atoms with Crippen LogP contribution >= 0.6 is 0 Å². The lowest BCUT2D eigenvalue weighted by Crippen LogP contribution is -2.03. The van der Waals surface area contributed by atoms with Gasteiger partial charge in [-0.05, 0) is 31.7 Å². The normalized spacial score (nSPS) is 10.5. The number of nitrogens with zero attached hydrogens (tertiary/aromatic N) is 1. The van der Waals surface area contributed by atoms with Gasteiger partial charge in [-0.3, -0.25) is 0 Å². The van der Waals surface area contributed by atoms with Crippen molar-refractivity contribution >= 4 is 5.82 Å². The third-order valence-corrected chi connectivity index (χ3v) is 2.26. The number of rotatable bonds is 7. The van der Waals surface area contributed by atoms with Crippen LogP contribution in [0.5, 0.6) is 5.88 Å². The molecule has 90 valence electrons. The van der Waals surface area contributed by atoms with Gasteiger partial charge in [-0.25, -0.2) is 0 Å². The summed E-state index contributed by atoms with van der Waals surface area (Å²) in [6, 6.07) is 5.81. The SMILES string of the molecule is CCNc1cccc(OCCCC(C)C)n1. The van der Waals surface area contributed by atoms with Crippen LogP contribution in [-0.2, 0) is 0 Å². The molecule has 1 aromatic rings. The molecule has 1 heterocycles. The van der Waals surface area contributed by atoms with Gasteiger partial charge in [0.2, 0.25) is 5.88 Å². The fourth-order valence-electron chi connectivity index (χ4n) is 1.44. The van der Waals surface area contributed by atoms with Crippen LogP contribution in [0, 0.1) is 5.92 Å². The first-order chi connectivity index (χ1) is 7.72. The predicted molar refractivity (Wildman–Crippen MR) is 68.0 cm³/mol. The van der Waals surface area contributed by atoms with E-state index in [1.165, 1.54) is 6.42 Å². The zero-order valence-corrected chi connectivity index (χ0v) is 10.5. The Balaban J connectivity index is 2.33. The quantitative estimate of drug-likeness (QED) is 0.718. The van der Waals surface area contributed by atoms with E-state index in [9.17, 15) is 0 Å². The van der Waals surface area contributed by atoms with Crippen LogP contribution in [-0.4, -0.2) is 18.1 Å². The maximum absolute atomic E-state index is 5.59. The summed E-state index contributed by atoms with van der Waals surface area (Å²) in [4.78, 5) is 4.35. The molecule has 0 aliphatic rings. The molecule has 0 fully saturated rings. The predicted octanol–water partition coefficient (Wildman–Crippen LogP) is 3.33.